The highest BCUT2D eigenvalue weighted by Crippen LogP contribution is 2.35. The van der Waals surface area contributed by atoms with Gasteiger partial charge in [-0.2, -0.15) is 0 Å². The summed E-state index contributed by atoms with van der Waals surface area (Å²) < 4.78 is 6.17. The maximum atomic E-state index is 6.17. The standard InChI is InChI=1S/C18H31NO/c1-6-11-15-12-10-13-16(14-15)17(19-5)18(7-2,8-3)20-9-4/h10,12-14,17,19H,6-9,11H2,1-5H3. The van der Waals surface area contributed by atoms with Crippen LogP contribution in [0.3, 0.4) is 0 Å². The topological polar surface area (TPSA) is 21.3 Å². The first-order valence-corrected chi connectivity index (χ1v) is 8.07. The molecule has 0 aliphatic carbocycles. The van der Waals surface area contributed by atoms with Crippen LogP contribution in [0.2, 0.25) is 0 Å². The Labute approximate surface area is 124 Å². The van der Waals surface area contributed by atoms with Crippen LogP contribution in [0.5, 0.6) is 0 Å². The molecule has 0 heterocycles. The smallest absolute Gasteiger partial charge is 0.0870 e. The van der Waals surface area contributed by atoms with E-state index in [4.69, 9.17) is 4.74 Å². The summed E-state index contributed by atoms with van der Waals surface area (Å²) in [5, 5.41) is 3.49. The number of benzene rings is 1. The van der Waals surface area contributed by atoms with E-state index in [1.807, 2.05) is 7.05 Å². The second-order valence-electron chi connectivity index (χ2n) is 5.42. The Morgan fingerprint density at radius 3 is 2.35 bits per heavy atom. The molecular formula is C18H31NO. The summed E-state index contributed by atoms with van der Waals surface area (Å²) in [5.41, 5.74) is 2.65. The molecule has 20 heavy (non-hydrogen) atoms. The number of ether oxygens (including phenoxy) is 1. The molecule has 2 heteroatoms. The lowest BCUT2D eigenvalue weighted by Gasteiger charge is -2.39. The molecule has 1 aromatic rings. The zero-order valence-electron chi connectivity index (χ0n) is 13.8. The molecule has 0 spiro atoms. The summed E-state index contributed by atoms with van der Waals surface area (Å²) in [7, 11) is 2.04. The van der Waals surface area contributed by atoms with Crippen LogP contribution in [0.4, 0.5) is 0 Å². The van der Waals surface area contributed by atoms with Gasteiger partial charge in [-0.25, -0.2) is 0 Å². The minimum Gasteiger partial charge on any atom is -0.373 e. The molecule has 0 aromatic heterocycles. The third-order valence-electron chi connectivity index (χ3n) is 4.27. The van der Waals surface area contributed by atoms with Crippen molar-refractivity contribution in [1.82, 2.24) is 5.32 Å². The predicted octanol–water partition coefficient (Wildman–Crippen LogP) is 4.49. The van der Waals surface area contributed by atoms with Crippen LogP contribution in [0, 0.1) is 0 Å². The number of hydrogen-bond acceptors (Lipinski definition) is 2. The SMILES string of the molecule is CCCc1cccc(C(NC)C(CC)(CC)OCC)c1. The van der Waals surface area contributed by atoms with Crippen molar-refractivity contribution in [2.45, 2.75) is 65.0 Å². The Morgan fingerprint density at radius 2 is 1.85 bits per heavy atom. The molecule has 0 saturated heterocycles. The van der Waals surface area contributed by atoms with E-state index in [-0.39, 0.29) is 11.6 Å². The van der Waals surface area contributed by atoms with Crippen LogP contribution < -0.4 is 5.32 Å². The fraction of sp³-hybridized carbons (Fsp3) is 0.667. The first-order valence-electron chi connectivity index (χ1n) is 8.07. The van der Waals surface area contributed by atoms with Crippen LogP contribution in [0.15, 0.2) is 24.3 Å². The van der Waals surface area contributed by atoms with E-state index in [0.717, 1.165) is 25.9 Å². The molecule has 0 aliphatic heterocycles. The average Bonchev–Trinajstić information content (AvgIpc) is 2.48. The van der Waals surface area contributed by atoms with Gasteiger partial charge in [0.1, 0.15) is 0 Å². The van der Waals surface area contributed by atoms with Gasteiger partial charge in [-0.1, -0.05) is 51.5 Å². The van der Waals surface area contributed by atoms with Crippen molar-refractivity contribution < 1.29 is 4.74 Å². The van der Waals surface area contributed by atoms with Gasteiger partial charge in [0.25, 0.3) is 0 Å². The second-order valence-corrected chi connectivity index (χ2v) is 5.42. The fourth-order valence-corrected chi connectivity index (χ4v) is 3.18. The van der Waals surface area contributed by atoms with Crippen molar-refractivity contribution in [3.8, 4) is 0 Å². The van der Waals surface area contributed by atoms with Gasteiger partial charge in [0.2, 0.25) is 0 Å². The Bertz CT molecular complexity index is 385. The van der Waals surface area contributed by atoms with Crippen molar-refractivity contribution in [3.63, 3.8) is 0 Å². The summed E-state index contributed by atoms with van der Waals surface area (Å²) in [6, 6.07) is 9.20. The molecule has 0 aliphatic rings. The zero-order chi connectivity index (χ0) is 15.0. The molecule has 2 nitrogen and oxygen atoms in total. The highest BCUT2D eigenvalue weighted by atomic mass is 16.5. The molecule has 0 amide bonds. The van der Waals surface area contributed by atoms with Crippen LogP contribution in [-0.4, -0.2) is 19.3 Å². The molecule has 1 aromatic carbocycles. The number of rotatable bonds is 9. The van der Waals surface area contributed by atoms with Crippen molar-refractivity contribution in [2.24, 2.45) is 0 Å². The molecule has 0 fully saturated rings. The number of likely N-dealkylation sites (N-methyl/N-ethyl adjacent to an activating group) is 1. The number of hydrogen-bond donors (Lipinski definition) is 1. The molecule has 1 unspecified atom stereocenters. The summed E-state index contributed by atoms with van der Waals surface area (Å²) in [6.45, 7) is 9.51. The Kier molecular flexibility index (Phi) is 7.25. The summed E-state index contributed by atoms with van der Waals surface area (Å²) in [4.78, 5) is 0. The summed E-state index contributed by atoms with van der Waals surface area (Å²) >= 11 is 0. The third kappa shape index (κ3) is 3.83. The molecule has 0 radical (unpaired) electrons. The Morgan fingerprint density at radius 1 is 1.15 bits per heavy atom. The summed E-state index contributed by atoms with van der Waals surface area (Å²) in [6.07, 6.45) is 4.36. The molecule has 1 atom stereocenters. The van der Waals surface area contributed by atoms with Crippen LogP contribution in [-0.2, 0) is 11.2 Å². The highest BCUT2D eigenvalue weighted by Gasteiger charge is 2.36. The monoisotopic (exact) mass is 277 g/mol. The molecule has 114 valence electrons. The Hall–Kier alpha value is -0.860. The molecular weight excluding hydrogens is 246 g/mol. The maximum absolute atomic E-state index is 6.17. The minimum absolute atomic E-state index is 0.117. The van der Waals surface area contributed by atoms with Gasteiger partial charge in [-0.3, -0.25) is 0 Å². The maximum Gasteiger partial charge on any atom is 0.0870 e. The van der Waals surface area contributed by atoms with Gasteiger partial charge in [-0.15, -0.1) is 0 Å². The van der Waals surface area contributed by atoms with Gasteiger partial charge in [0.15, 0.2) is 0 Å². The lowest BCUT2D eigenvalue weighted by Crippen LogP contribution is -2.44. The lowest BCUT2D eigenvalue weighted by atomic mass is 9.83. The number of nitrogens with one attached hydrogen (secondary N) is 1. The molecule has 0 bridgehead atoms. The normalized spacial score (nSPS) is 13.4. The predicted molar refractivity (Wildman–Crippen MR) is 87.2 cm³/mol. The Balaban J connectivity index is 3.12. The average molecular weight is 277 g/mol. The van der Waals surface area contributed by atoms with Gasteiger partial charge >= 0.3 is 0 Å². The van der Waals surface area contributed by atoms with Crippen LogP contribution >= 0.6 is 0 Å². The van der Waals surface area contributed by atoms with Crippen LogP contribution in [0.25, 0.3) is 0 Å². The lowest BCUT2D eigenvalue weighted by molar-refractivity contribution is -0.0717. The van der Waals surface area contributed by atoms with Crippen molar-refractivity contribution >= 4 is 0 Å². The van der Waals surface area contributed by atoms with E-state index >= 15 is 0 Å². The second kappa shape index (κ2) is 8.43. The van der Waals surface area contributed by atoms with Gasteiger partial charge in [0, 0.05) is 6.61 Å². The number of aryl methyl sites for hydroxylation is 1. The van der Waals surface area contributed by atoms with Crippen molar-refractivity contribution in [3.05, 3.63) is 35.4 Å². The molecule has 1 N–H and O–H groups in total. The largest absolute Gasteiger partial charge is 0.373 e. The first kappa shape index (κ1) is 17.2. The van der Waals surface area contributed by atoms with Crippen molar-refractivity contribution in [1.29, 1.82) is 0 Å². The highest BCUT2D eigenvalue weighted by molar-refractivity contribution is 5.28. The van der Waals surface area contributed by atoms with E-state index < -0.39 is 0 Å². The van der Waals surface area contributed by atoms with Gasteiger partial charge in [0.05, 0.1) is 11.6 Å². The third-order valence-corrected chi connectivity index (χ3v) is 4.27. The van der Waals surface area contributed by atoms with Crippen LogP contribution in [0.1, 0.15) is 64.1 Å². The van der Waals surface area contributed by atoms with E-state index in [2.05, 4.69) is 57.3 Å². The van der Waals surface area contributed by atoms with E-state index in [1.54, 1.807) is 0 Å². The van der Waals surface area contributed by atoms with E-state index in [9.17, 15) is 0 Å². The molecule has 0 saturated carbocycles. The fourth-order valence-electron chi connectivity index (χ4n) is 3.18. The zero-order valence-corrected chi connectivity index (χ0v) is 13.8. The minimum atomic E-state index is -0.117. The molecule has 1 rings (SSSR count). The first-order chi connectivity index (χ1) is 9.67. The van der Waals surface area contributed by atoms with E-state index in [0.29, 0.717) is 0 Å². The van der Waals surface area contributed by atoms with Gasteiger partial charge < -0.3 is 10.1 Å². The van der Waals surface area contributed by atoms with Gasteiger partial charge in [-0.05, 0) is 44.4 Å². The quantitative estimate of drug-likeness (QED) is 0.718. The van der Waals surface area contributed by atoms with E-state index in [1.165, 1.54) is 17.5 Å². The van der Waals surface area contributed by atoms with Crippen molar-refractivity contribution in [2.75, 3.05) is 13.7 Å². The summed E-state index contributed by atoms with van der Waals surface area (Å²) in [5.74, 6) is 0.